The quantitative estimate of drug-likeness (QED) is 0.149. The van der Waals surface area contributed by atoms with Gasteiger partial charge in [0.05, 0.1) is 12.7 Å². The van der Waals surface area contributed by atoms with Crippen molar-refractivity contribution >= 4 is 5.97 Å². The third-order valence-electron chi connectivity index (χ3n) is 5.33. The molecule has 0 aromatic rings. The minimum absolute atomic E-state index is 0.251. The van der Waals surface area contributed by atoms with Crippen molar-refractivity contribution in [2.75, 3.05) is 19.8 Å². The highest BCUT2D eigenvalue weighted by Crippen LogP contribution is 2.30. The van der Waals surface area contributed by atoms with E-state index in [9.17, 15) is 30.3 Å². The zero-order valence-corrected chi connectivity index (χ0v) is 17.8. The zero-order chi connectivity index (χ0) is 23.1. The Morgan fingerprint density at radius 1 is 0.935 bits per heavy atom. The number of esters is 1. The van der Waals surface area contributed by atoms with Crippen LogP contribution in [0.2, 0.25) is 0 Å². The fourth-order valence-corrected chi connectivity index (χ4v) is 3.56. The van der Waals surface area contributed by atoms with Crippen LogP contribution in [-0.2, 0) is 28.5 Å². The summed E-state index contributed by atoms with van der Waals surface area (Å²) in [5.74, 6) is -0.747. The van der Waals surface area contributed by atoms with E-state index >= 15 is 0 Å². The van der Waals surface area contributed by atoms with Crippen LogP contribution >= 0.6 is 0 Å². The minimum Gasteiger partial charge on any atom is -0.454 e. The normalized spacial score (nSPS) is 41.2. The van der Waals surface area contributed by atoms with Crippen LogP contribution in [0.1, 0.15) is 33.1 Å². The molecule has 2 saturated heterocycles. The van der Waals surface area contributed by atoms with Gasteiger partial charge in [-0.2, -0.15) is 0 Å². The second-order valence-corrected chi connectivity index (χ2v) is 7.79. The zero-order valence-electron chi connectivity index (χ0n) is 17.8. The monoisotopic (exact) mass is 453 g/mol. The second-order valence-electron chi connectivity index (χ2n) is 7.79. The van der Waals surface area contributed by atoms with E-state index < -0.39 is 74.0 Å². The van der Waals surface area contributed by atoms with E-state index in [2.05, 4.69) is 0 Å². The van der Waals surface area contributed by atoms with Gasteiger partial charge in [0.25, 0.3) is 0 Å². The van der Waals surface area contributed by atoms with Gasteiger partial charge in [0.2, 0.25) is 0 Å². The summed E-state index contributed by atoms with van der Waals surface area (Å²) in [7, 11) is 0. The summed E-state index contributed by atoms with van der Waals surface area (Å²) in [6.45, 7) is 2.83. The lowest BCUT2D eigenvalue weighted by Gasteiger charge is -2.46. The molecule has 2 fully saturated rings. The van der Waals surface area contributed by atoms with Crippen molar-refractivity contribution in [1.82, 2.24) is 0 Å². The fraction of sp³-hybridized carbons (Fsp3) is 0.947. The molecule has 12 heteroatoms. The molecule has 0 spiro atoms. The van der Waals surface area contributed by atoms with Crippen LogP contribution in [-0.4, -0.2) is 113 Å². The van der Waals surface area contributed by atoms with Crippen LogP contribution in [0.5, 0.6) is 0 Å². The van der Waals surface area contributed by atoms with E-state index in [0.29, 0.717) is 13.0 Å². The van der Waals surface area contributed by atoms with Crippen LogP contribution in [0.3, 0.4) is 0 Å². The van der Waals surface area contributed by atoms with Crippen LogP contribution < -0.4 is 5.73 Å². The van der Waals surface area contributed by atoms with Gasteiger partial charge in [-0.3, -0.25) is 4.79 Å². The Balaban J connectivity index is 2.11. The number of carbonyl (C=O) groups is 1. The van der Waals surface area contributed by atoms with Crippen molar-refractivity contribution in [3.63, 3.8) is 0 Å². The van der Waals surface area contributed by atoms with Crippen LogP contribution in [0, 0.1) is 0 Å². The van der Waals surface area contributed by atoms with Crippen molar-refractivity contribution in [2.24, 2.45) is 5.73 Å². The Labute approximate surface area is 180 Å². The van der Waals surface area contributed by atoms with Crippen LogP contribution in [0.15, 0.2) is 0 Å². The van der Waals surface area contributed by atoms with E-state index in [1.807, 2.05) is 0 Å². The predicted molar refractivity (Wildman–Crippen MR) is 103 cm³/mol. The van der Waals surface area contributed by atoms with Crippen molar-refractivity contribution in [1.29, 1.82) is 0 Å². The Morgan fingerprint density at radius 2 is 1.65 bits per heavy atom. The van der Waals surface area contributed by atoms with Crippen molar-refractivity contribution in [3.8, 4) is 0 Å². The van der Waals surface area contributed by atoms with E-state index in [0.717, 1.165) is 19.8 Å². The average Bonchev–Trinajstić information content (AvgIpc) is 2.73. The molecule has 2 aliphatic rings. The highest BCUT2D eigenvalue weighted by atomic mass is 16.7. The molecule has 0 unspecified atom stereocenters. The molecule has 0 aromatic heterocycles. The van der Waals surface area contributed by atoms with Gasteiger partial charge in [0.1, 0.15) is 36.6 Å². The smallest absolute Gasteiger partial charge is 0.303 e. The maximum Gasteiger partial charge on any atom is 0.303 e. The first-order valence-electron chi connectivity index (χ1n) is 10.5. The van der Waals surface area contributed by atoms with E-state index in [1.165, 1.54) is 6.92 Å². The largest absolute Gasteiger partial charge is 0.454 e. The van der Waals surface area contributed by atoms with Crippen LogP contribution in [0.4, 0.5) is 0 Å². The maximum atomic E-state index is 11.5. The van der Waals surface area contributed by atoms with Gasteiger partial charge >= 0.3 is 5.97 Å². The molecule has 0 aromatic carbocycles. The predicted octanol–water partition coefficient (Wildman–Crippen LogP) is -2.65. The summed E-state index contributed by atoms with van der Waals surface area (Å²) in [6.07, 6.45) is -10.9. The Hall–Kier alpha value is -0.930. The Kier molecular flexibility index (Phi) is 10.5. The van der Waals surface area contributed by atoms with Gasteiger partial charge in [-0.05, 0) is 32.7 Å². The first-order valence-corrected chi connectivity index (χ1v) is 10.5. The Bertz CT molecular complexity index is 553. The lowest BCUT2D eigenvalue weighted by atomic mass is 9.97. The molecule has 0 amide bonds. The number of rotatable bonds is 10. The molecule has 182 valence electrons. The standard InChI is InChI=1S/C19H35NO11/c1-9-12(23)14(25)17(29-10(2)22)19(28-9)31-16-13(24)11(8-21)30-18(15(16)26)27-7-5-3-4-6-20/h9,11-19,21,23-26H,3-8,20H2,1-2H3/t9-,11+,12+,13+,14+,15+,16-,17+,18+,19-/m0/s1. The molecule has 2 heterocycles. The minimum atomic E-state index is -1.52. The third-order valence-corrected chi connectivity index (χ3v) is 5.33. The molecule has 0 radical (unpaired) electrons. The highest BCUT2D eigenvalue weighted by Gasteiger charge is 2.51. The first-order chi connectivity index (χ1) is 14.7. The van der Waals surface area contributed by atoms with Gasteiger partial charge < -0.3 is 55.0 Å². The van der Waals surface area contributed by atoms with Crippen molar-refractivity contribution in [2.45, 2.75) is 94.5 Å². The summed E-state index contributed by atoms with van der Waals surface area (Å²) in [5.41, 5.74) is 5.45. The maximum absolute atomic E-state index is 11.5. The third kappa shape index (κ3) is 6.78. The molecule has 10 atom stereocenters. The van der Waals surface area contributed by atoms with Gasteiger partial charge in [-0.25, -0.2) is 0 Å². The Morgan fingerprint density at radius 3 is 2.26 bits per heavy atom. The summed E-state index contributed by atoms with van der Waals surface area (Å²) in [4.78, 5) is 11.5. The number of nitrogens with two attached hydrogens (primary N) is 1. The molecule has 2 aliphatic heterocycles. The summed E-state index contributed by atoms with van der Waals surface area (Å²) < 4.78 is 27.3. The number of ether oxygens (including phenoxy) is 5. The average molecular weight is 453 g/mol. The molecule has 7 N–H and O–H groups in total. The molecule has 2 rings (SSSR count). The number of aliphatic hydroxyl groups excluding tert-OH is 5. The topological polar surface area (TPSA) is 190 Å². The molecule has 0 saturated carbocycles. The number of aliphatic hydroxyl groups is 5. The van der Waals surface area contributed by atoms with Gasteiger partial charge in [0.15, 0.2) is 18.7 Å². The molecule has 0 bridgehead atoms. The summed E-state index contributed by atoms with van der Waals surface area (Å²) in [6, 6.07) is 0. The van der Waals surface area contributed by atoms with Gasteiger partial charge in [-0.1, -0.05) is 0 Å². The van der Waals surface area contributed by atoms with Crippen molar-refractivity contribution in [3.05, 3.63) is 0 Å². The lowest BCUT2D eigenvalue weighted by molar-refractivity contribution is -0.357. The van der Waals surface area contributed by atoms with Crippen molar-refractivity contribution < 1.29 is 54.0 Å². The number of carbonyl (C=O) groups excluding carboxylic acids is 1. The summed E-state index contributed by atoms with van der Waals surface area (Å²) >= 11 is 0. The summed E-state index contributed by atoms with van der Waals surface area (Å²) in [5, 5.41) is 51.1. The number of unbranched alkanes of at least 4 members (excludes halogenated alkanes) is 2. The molecule has 31 heavy (non-hydrogen) atoms. The first kappa shape index (κ1) is 26.3. The second kappa shape index (κ2) is 12.3. The lowest BCUT2D eigenvalue weighted by Crippen LogP contribution is -2.64. The highest BCUT2D eigenvalue weighted by molar-refractivity contribution is 5.66. The fourth-order valence-electron chi connectivity index (χ4n) is 3.56. The van der Waals surface area contributed by atoms with E-state index in [1.54, 1.807) is 0 Å². The van der Waals surface area contributed by atoms with Crippen LogP contribution in [0.25, 0.3) is 0 Å². The van der Waals surface area contributed by atoms with E-state index in [4.69, 9.17) is 29.4 Å². The number of hydrogen-bond acceptors (Lipinski definition) is 12. The SMILES string of the molecule is CC(=O)O[C@H]1[C@H](O[C@@H]2[C@@H](O)[C@H](OCCCCCN)O[C@H](CO)[C@H]2O)O[C@@H](C)[C@@H](O)[C@H]1O. The van der Waals surface area contributed by atoms with E-state index in [-0.39, 0.29) is 6.61 Å². The van der Waals surface area contributed by atoms with Gasteiger partial charge in [0, 0.05) is 13.5 Å². The molecule has 0 aliphatic carbocycles. The molecule has 12 nitrogen and oxygen atoms in total. The molecular formula is C19H35NO11. The number of hydrogen-bond donors (Lipinski definition) is 6. The van der Waals surface area contributed by atoms with Gasteiger partial charge in [-0.15, -0.1) is 0 Å². The molecular weight excluding hydrogens is 418 g/mol.